The molecule has 0 saturated carbocycles. The lowest BCUT2D eigenvalue weighted by Crippen LogP contribution is -2.26. The van der Waals surface area contributed by atoms with Crippen molar-refractivity contribution in [1.29, 1.82) is 0 Å². The Kier molecular flexibility index (Phi) is 4.66. The highest BCUT2D eigenvalue weighted by Gasteiger charge is 2.33. The van der Waals surface area contributed by atoms with E-state index in [0.29, 0.717) is 20.9 Å². The van der Waals surface area contributed by atoms with Crippen LogP contribution in [0.4, 0.5) is 0 Å². The zero-order valence-corrected chi connectivity index (χ0v) is 16.0. The lowest BCUT2D eigenvalue weighted by molar-refractivity contribution is -0.162. The molecule has 1 aliphatic rings. The van der Waals surface area contributed by atoms with Crippen molar-refractivity contribution in [3.63, 3.8) is 0 Å². The second-order valence-electron chi connectivity index (χ2n) is 6.75. The van der Waals surface area contributed by atoms with Gasteiger partial charge < -0.3 is 9.47 Å². The van der Waals surface area contributed by atoms with E-state index in [1.165, 1.54) is 22.7 Å². The molecule has 0 saturated heterocycles. The van der Waals surface area contributed by atoms with Gasteiger partial charge in [-0.25, -0.2) is 4.79 Å². The highest BCUT2D eigenvalue weighted by Crippen LogP contribution is 2.38. The average Bonchev–Trinajstić information content (AvgIpc) is 3.15. The monoisotopic (exact) mass is 378 g/mol. The van der Waals surface area contributed by atoms with Crippen molar-refractivity contribution in [2.45, 2.75) is 39.4 Å². The van der Waals surface area contributed by atoms with Crippen molar-refractivity contribution >= 4 is 40.2 Å². The Morgan fingerprint density at radius 3 is 2.52 bits per heavy atom. The quantitative estimate of drug-likeness (QED) is 0.642. The van der Waals surface area contributed by atoms with Crippen molar-refractivity contribution in [2.24, 2.45) is 0 Å². The summed E-state index contributed by atoms with van der Waals surface area (Å²) in [6.45, 7) is 6.97. The summed E-state index contributed by atoms with van der Waals surface area (Å²) >= 11 is 2.52. The molecule has 5 nitrogen and oxygen atoms in total. The summed E-state index contributed by atoms with van der Waals surface area (Å²) in [5.74, 6) is -0.696. The van der Waals surface area contributed by atoms with E-state index in [9.17, 15) is 14.4 Å². The highest BCUT2D eigenvalue weighted by atomic mass is 32.1. The van der Waals surface area contributed by atoms with Gasteiger partial charge in [-0.3, -0.25) is 9.59 Å². The maximum Gasteiger partial charge on any atom is 0.332 e. The Balaban J connectivity index is 1.74. The molecule has 0 fully saturated rings. The number of carbonyl (C=O) groups excluding carboxylic acids is 3. The number of rotatable bonds is 4. The van der Waals surface area contributed by atoms with Crippen molar-refractivity contribution in [1.82, 2.24) is 0 Å². The molecule has 2 aromatic heterocycles. The number of fused-ring (bicyclic) bond motifs is 2. The van der Waals surface area contributed by atoms with E-state index in [4.69, 9.17) is 9.47 Å². The molecule has 1 atom stereocenters. The third-order valence-electron chi connectivity index (χ3n) is 3.59. The van der Waals surface area contributed by atoms with Crippen LogP contribution in [0.2, 0.25) is 0 Å². The minimum Gasteiger partial charge on any atom is -0.458 e. The summed E-state index contributed by atoms with van der Waals surface area (Å²) in [7, 11) is 0. The Hall–Kier alpha value is -1.83. The van der Waals surface area contributed by atoms with Crippen LogP contribution >= 0.6 is 22.7 Å². The maximum atomic E-state index is 12.5. The first kappa shape index (κ1) is 18.0. The summed E-state index contributed by atoms with van der Waals surface area (Å²) in [6.07, 6.45) is -0.415. The number of ketones is 2. The van der Waals surface area contributed by atoms with Gasteiger partial charge in [0.25, 0.3) is 0 Å². The molecule has 0 N–H and O–H groups in total. The Morgan fingerprint density at radius 1 is 1.16 bits per heavy atom. The standard InChI is InChI=1S/C18H18O5S2/c1-9(22-8-13(19)23-18(2,3)4)12-7-11-15(21)16-10(5-6-24-16)14(20)17(11)25-12/h5-7,9H,8H2,1-4H3. The van der Waals surface area contributed by atoms with Gasteiger partial charge in [-0.2, -0.15) is 0 Å². The summed E-state index contributed by atoms with van der Waals surface area (Å²) in [6, 6.07) is 3.38. The minimum absolute atomic E-state index is 0.124. The summed E-state index contributed by atoms with van der Waals surface area (Å²) in [5, 5.41) is 1.75. The number of hydrogen-bond donors (Lipinski definition) is 0. The number of carbonyl (C=O) groups is 3. The van der Waals surface area contributed by atoms with E-state index >= 15 is 0 Å². The fourth-order valence-corrected chi connectivity index (χ4v) is 4.46. The normalized spacial score (nSPS) is 14.9. The van der Waals surface area contributed by atoms with Gasteiger partial charge in [-0.1, -0.05) is 0 Å². The van der Waals surface area contributed by atoms with Crippen LogP contribution in [0.1, 0.15) is 69.1 Å². The van der Waals surface area contributed by atoms with E-state index in [-0.39, 0.29) is 18.2 Å². The predicted molar refractivity (Wildman–Crippen MR) is 95.7 cm³/mol. The molecule has 2 aromatic rings. The molecule has 1 unspecified atom stereocenters. The van der Waals surface area contributed by atoms with Gasteiger partial charge in [0.1, 0.15) is 12.2 Å². The molecule has 1 aliphatic carbocycles. The molecule has 2 heterocycles. The maximum absolute atomic E-state index is 12.5. The third-order valence-corrected chi connectivity index (χ3v) is 5.80. The number of hydrogen-bond acceptors (Lipinski definition) is 7. The molecule has 0 radical (unpaired) electrons. The van der Waals surface area contributed by atoms with E-state index < -0.39 is 17.7 Å². The molecule has 7 heteroatoms. The summed E-state index contributed by atoms with van der Waals surface area (Å²) in [4.78, 5) is 38.5. The van der Waals surface area contributed by atoms with Crippen LogP contribution in [0, 0.1) is 0 Å². The van der Waals surface area contributed by atoms with Crippen LogP contribution in [0.15, 0.2) is 17.5 Å². The van der Waals surface area contributed by atoms with Crippen LogP contribution in [0.5, 0.6) is 0 Å². The SMILES string of the molecule is CC(OCC(=O)OC(C)(C)C)c1cc2c(s1)C(=O)c1ccsc1C2=O. The van der Waals surface area contributed by atoms with Crippen LogP contribution < -0.4 is 0 Å². The first-order chi connectivity index (χ1) is 11.7. The van der Waals surface area contributed by atoms with Crippen LogP contribution in [-0.2, 0) is 14.3 Å². The van der Waals surface area contributed by atoms with Crippen molar-refractivity contribution in [2.75, 3.05) is 6.61 Å². The van der Waals surface area contributed by atoms with Crippen LogP contribution in [-0.4, -0.2) is 29.7 Å². The predicted octanol–water partition coefficient (Wildman–Crippen LogP) is 4.00. The second-order valence-corrected chi connectivity index (χ2v) is 8.75. The molecule has 0 amide bonds. The molecule has 0 spiro atoms. The third kappa shape index (κ3) is 3.58. The molecular formula is C18H18O5S2. The van der Waals surface area contributed by atoms with Gasteiger partial charge in [-0.05, 0) is 45.2 Å². The highest BCUT2D eigenvalue weighted by molar-refractivity contribution is 7.16. The van der Waals surface area contributed by atoms with Gasteiger partial charge in [0.15, 0.2) is 0 Å². The smallest absolute Gasteiger partial charge is 0.332 e. The Morgan fingerprint density at radius 2 is 1.84 bits per heavy atom. The average molecular weight is 378 g/mol. The van der Waals surface area contributed by atoms with Gasteiger partial charge in [0, 0.05) is 16.0 Å². The zero-order valence-electron chi connectivity index (χ0n) is 14.4. The van der Waals surface area contributed by atoms with Crippen molar-refractivity contribution in [3.05, 3.63) is 43.3 Å². The second kappa shape index (κ2) is 6.48. The Bertz CT molecular complexity index is 805. The van der Waals surface area contributed by atoms with E-state index in [1.807, 2.05) is 0 Å². The Labute approximate surface area is 153 Å². The number of esters is 1. The van der Waals surface area contributed by atoms with E-state index in [1.54, 1.807) is 45.2 Å². The largest absolute Gasteiger partial charge is 0.458 e. The zero-order chi connectivity index (χ0) is 18.4. The molecule has 132 valence electrons. The van der Waals surface area contributed by atoms with Crippen molar-refractivity contribution < 1.29 is 23.9 Å². The van der Waals surface area contributed by atoms with Gasteiger partial charge in [-0.15, -0.1) is 22.7 Å². The molecule has 25 heavy (non-hydrogen) atoms. The topological polar surface area (TPSA) is 69.7 Å². The lowest BCUT2D eigenvalue weighted by Gasteiger charge is -2.20. The number of thiophene rings is 2. The fraction of sp³-hybridized carbons (Fsp3) is 0.389. The molecule has 3 rings (SSSR count). The summed E-state index contributed by atoms with van der Waals surface area (Å²) in [5.41, 5.74) is 0.327. The fourth-order valence-electron chi connectivity index (χ4n) is 2.50. The number of ether oxygens (including phenoxy) is 2. The summed E-state index contributed by atoms with van der Waals surface area (Å²) < 4.78 is 10.8. The molecule has 0 bridgehead atoms. The van der Waals surface area contributed by atoms with Gasteiger partial charge in [0.2, 0.25) is 11.6 Å². The van der Waals surface area contributed by atoms with E-state index in [0.717, 1.165) is 4.88 Å². The minimum atomic E-state index is -0.568. The van der Waals surface area contributed by atoms with E-state index in [2.05, 4.69) is 0 Å². The van der Waals surface area contributed by atoms with Crippen molar-refractivity contribution in [3.8, 4) is 0 Å². The molecule has 0 aliphatic heterocycles. The van der Waals surface area contributed by atoms with Crippen LogP contribution in [0.3, 0.4) is 0 Å². The molecule has 0 aromatic carbocycles. The van der Waals surface area contributed by atoms with Gasteiger partial charge in [0.05, 0.1) is 15.9 Å². The first-order valence-corrected chi connectivity index (χ1v) is 9.51. The van der Waals surface area contributed by atoms with Gasteiger partial charge >= 0.3 is 5.97 Å². The lowest BCUT2D eigenvalue weighted by atomic mass is 9.96. The first-order valence-electron chi connectivity index (χ1n) is 7.81. The van der Waals surface area contributed by atoms with Crippen LogP contribution in [0.25, 0.3) is 0 Å². The molecular weight excluding hydrogens is 360 g/mol.